The molecule has 0 spiro atoms. The quantitative estimate of drug-likeness (QED) is 0.787. The van der Waals surface area contributed by atoms with Crippen LogP contribution < -0.4 is 0 Å². The van der Waals surface area contributed by atoms with E-state index in [2.05, 4.69) is 20.9 Å². The average molecular weight is 303 g/mol. The molecule has 0 aromatic carbocycles. The molecule has 3 nitrogen and oxygen atoms in total. The van der Waals surface area contributed by atoms with Crippen molar-refractivity contribution < 1.29 is 4.79 Å². The standard InChI is InChI=1S/C11H15BrN2OS/c1-14(9-5-3-2-4-8(9)12)11(15)10-6-13-7-16-10/h6-9H,2-5H2,1H3. The third-order valence-corrected chi connectivity index (χ3v) is 4.94. The lowest BCUT2D eigenvalue weighted by Gasteiger charge is -2.34. The molecule has 2 atom stereocenters. The number of amides is 1. The van der Waals surface area contributed by atoms with Crippen molar-refractivity contribution >= 4 is 33.2 Å². The van der Waals surface area contributed by atoms with E-state index in [1.165, 1.54) is 24.2 Å². The summed E-state index contributed by atoms with van der Waals surface area (Å²) in [5, 5.41) is 0. The SMILES string of the molecule is CN(C(=O)c1cncs1)C1CCCCC1Br. The highest BCUT2D eigenvalue weighted by molar-refractivity contribution is 9.09. The van der Waals surface area contributed by atoms with Crippen molar-refractivity contribution in [3.63, 3.8) is 0 Å². The maximum absolute atomic E-state index is 12.1. The topological polar surface area (TPSA) is 33.2 Å². The Balaban J connectivity index is 2.06. The highest BCUT2D eigenvalue weighted by Gasteiger charge is 2.29. The molecule has 1 aliphatic rings. The van der Waals surface area contributed by atoms with Crippen LogP contribution in [-0.2, 0) is 0 Å². The second-order valence-corrected chi connectivity index (χ2v) is 6.21. The molecule has 1 aromatic rings. The van der Waals surface area contributed by atoms with E-state index >= 15 is 0 Å². The van der Waals surface area contributed by atoms with E-state index in [1.54, 1.807) is 11.7 Å². The molecule has 0 aliphatic heterocycles. The van der Waals surface area contributed by atoms with Gasteiger partial charge in [-0.25, -0.2) is 0 Å². The summed E-state index contributed by atoms with van der Waals surface area (Å²) < 4.78 is 0. The Kier molecular flexibility index (Phi) is 3.97. The first-order valence-electron chi connectivity index (χ1n) is 5.50. The highest BCUT2D eigenvalue weighted by atomic mass is 79.9. The largest absolute Gasteiger partial charge is 0.337 e. The van der Waals surface area contributed by atoms with Crippen molar-refractivity contribution in [2.45, 2.75) is 36.6 Å². The maximum atomic E-state index is 12.1. The third kappa shape index (κ3) is 2.46. The normalized spacial score (nSPS) is 25.4. The number of rotatable bonds is 2. The lowest BCUT2D eigenvalue weighted by molar-refractivity contribution is 0.0709. The fourth-order valence-electron chi connectivity index (χ4n) is 2.15. The zero-order chi connectivity index (χ0) is 11.5. The Hall–Kier alpha value is -0.420. The summed E-state index contributed by atoms with van der Waals surface area (Å²) in [7, 11) is 1.90. The summed E-state index contributed by atoms with van der Waals surface area (Å²) in [5.74, 6) is 0.0962. The Morgan fingerprint density at radius 2 is 2.31 bits per heavy atom. The first-order chi connectivity index (χ1) is 7.70. The molecule has 0 N–H and O–H groups in total. The van der Waals surface area contributed by atoms with E-state index in [1.807, 2.05) is 11.9 Å². The van der Waals surface area contributed by atoms with Crippen molar-refractivity contribution in [3.05, 3.63) is 16.6 Å². The first-order valence-corrected chi connectivity index (χ1v) is 7.29. The number of halogens is 1. The van der Waals surface area contributed by atoms with Crippen LogP contribution in [-0.4, -0.2) is 33.7 Å². The number of carbonyl (C=O) groups is 1. The van der Waals surface area contributed by atoms with E-state index < -0.39 is 0 Å². The van der Waals surface area contributed by atoms with Crippen LogP contribution in [0.1, 0.15) is 35.4 Å². The highest BCUT2D eigenvalue weighted by Crippen LogP contribution is 2.28. The van der Waals surface area contributed by atoms with Gasteiger partial charge in [-0.15, -0.1) is 11.3 Å². The Morgan fingerprint density at radius 3 is 2.94 bits per heavy atom. The van der Waals surface area contributed by atoms with Gasteiger partial charge in [0.15, 0.2) is 0 Å². The molecule has 0 bridgehead atoms. The fourth-order valence-corrected chi connectivity index (χ4v) is 3.69. The smallest absolute Gasteiger partial charge is 0.265 e. The summed E-state index contributed by atoms with van der Waals surface area (Å²) in [4.78, 5) is 19.1. The van der Waals surface area contributed by atoms with E-state index in [0.29, 0.717) is 10.9 Å². The van der Waals surface area contributed by atoms with Gasteiger partial charge in [0, 0.05) is 17.9 Å². The lowest BCUT2D eigenvalue weighted by atomic mass is 9.94. The molecule has 1 saturated carbocycles. The van der Waals surface area contributed by atoms with Gasteiger partial charge in [0.1, 0.15) is 4.88 Å². The minimum absolute atomic E-state index is 0.0962. The number of aromatic nitrogens is 1. The Bertz CT molecular complexity index is 355. The van der Waals surface area contributed by atoms with Crippen LogP contribution in [0.15, 0.2) is 11.7 Å². The molecular weight excluding hydrogens is 288 g/mol. The van der Waals surface area contributed by atoms with Crippen molar-refractivity contribution in [3.8, 4) is 0 Å². The molecule has 1 fully saturated rings. The molecule has 1 aromatic heterocycles. The van der Waals surface area contributed by atoms with E-state index in [4.69, 9.17) is 0 Å². The predicted octanol–water partition coefficient (Wildman–Crippen LogP) is 2.92. The zero-order valence-electron chi connectivity index (χ0n) is 9.23. The van der Waals surface area contributed by atoms with Gasteiger partial charge in [-0.05, 0) is 12.8 Å². The van der Waals surface area contributed by atoms with Crippen LogP contribution >= 0.6 is 27.3 Å². The van der Waals surface area contributed by atoms with Crippen LogP contribution in [0.5, 0.6) is 0 Å². The van der Waals surface area contributed by atoms with Gasteiger partial charge in [0.2, 0.25) is 0 Å². The van der Waals surface area contributed by atoms with Crippen LogP contribution in [0.3, 0.4) is 0 Å². The monoisotopic (exact) mass is 302 g/mol. The fraction of sp³-hybridized carbons (Fsp3) is 0.636. The van der Waals surface area contributed by atoms with Gasteiger partial charge in [-0.1, -0.05) is 28.8 Å². The predicted molar refractivity (Wildman–Crippen MR) is 69.2 cm³/mol. The van der Waals surface area contributed by atoms with Gasteiger partial charge in [0.25, 0.3) is 5.91 Å². The van der Waals surface area contributed by atoms with E-state index in [-0.39, 0.29) is 5.91 Å². The number of hydrogen-bond donors (Lipinski definition) is 0. The molecule has 1 aliphatic carbocycles. The molecule has 16 heavy (non-hydrogen) atoms. The average Bonchev–Trinajstić information content (AvgIpc) is 2.81. The summed E-state index contributed by atoms with van der Waals surface area (Å²) >= 11 is 5.09. The molecule has 0 radical (unpaired) electrons. The molecule has 2 rings (SSSR count). The summed E-state index contributed by atoms with van der Waals surface area (Å²) in [6, 6.07) is 0.323. The van der Waals surface area contributed by atoms with Crippen molar-refractivity contribution in [2.24, 2.45) is 0 Å². The van der Waals surface area contributed by atoms with Crippen molar-refractivity contribution in [1.82, 2.24) is 9.88 Å². The number of carbonyl (C=O) groups excluding carboxylic acids is 1. The minimum Gasteiger partial charge on any atom is -0.337 e. The number of nitrogens with zero attached hydrogens (tertiary/aromatic N) is 2. The molecule has 2 unspecified atom stereocenters. The van der Waals surface area contributed by atoms with Crippen LogP contribution in [0.2, 0.25) is 0 Å². The molecule has 0 saturated heterocycles. The third-order valence-electron chi connectivity index (χ3n) is 3.11. The zero-order valence-corrected chi connectivity index (χ0v) is 11.6. The maximum Gasteiger partial charge on any atom is 0.265 e. The second-order valence-electron chi connectivity index (χ2n) is 4.15. The van der Waals surface area contributed by atoms with Crippen LogP contribution in [0.4, 0.5) is 0 Å². The summed E-state index contributed by atoms with van der Waals surface area (Å²) in [5.41, 5.74) is 1.70. The number of hydrogen-bond acceptors (Lipinski definition) is 3. The van der Waals surface area contributed by atoms with Gasteiger partial charge in [-0.2, -0.15) is 0 Å². The lowest BCUT2D eigenvalue weighted by Crippen LogP contribution is -2.43. The van der Waals surface area contributed by atoms with Crippen molar-refractivity contribution in [2.75, 3.05) is 7.05 Å². The second kappa shape index (κ2) is 5.27. The molecule has 88 valence electrons. The first kappa shape index (κ1) is 12.0. The van der Waals surface area contributed by atoms with Gasteiger partial charge in [0.05, 0.1) is 11.7 Å². The van der Waals surface area contributed by atoms with E-state index in [9.17, 15) is 4.79 Å². The minimum atomic E-state index is 0.0962. The molecule has 5 heteroatoms. The Morgan fingerprint density at radius 1 is 1.56 bits per heavy atom. The van der Waals surface area contributed by atoms with Crippen molar-refractivity contribution in [1.29, 1.82) is 0 Å². The van der Waals surface area contributed by atoms with Crippen LogP contribution in [0, 0.1) is 0 Å². The summed E-state index contributed by atoms with van der Waals surface area (Å²) in [6.07, 6.45) is 6.37. The summed E-state index contributed by atoms with van der Waals surface area (Å²) in [6.45, 7) is 0. The van der Waals surface area contributed by atoms with Gasteiger partial charge >= 0.3 is 0 Å². The molecule has 1 heterocycles. The van der Waals surface area contributed by atoms with Crippen LogP contribution in [0.25, 0.3) is 0 Å². The Labute approximate surface area is 108 Å². The molecular formula is C11H15BrN2OS. The number of alkyl halides is 1. The van der Waals surface area contributed by atoms with E-state index in [0.717, 1.165) is 17.7 Å². The van der Waals surface area contributed by atoms with Gasteiger partial charge in [-0.3, -0.25) is 9.78 Å². The number of thiazole rings is 1. The molecule has 1 amide bonds. The van der Waals surface area contributed by atoms with Gasteiger partial charge < -0.3 is 4.90 Å².